The lowest BCUT2D eigenvalue weighted by Gasteiger charge is -2.32. The van der Waals surface area contributed by atoms with Crippen molar-refractivity contribution in [3.63, 3.8) is 0 Å². The number of nitrogens with one attached hydrogen (secondary N) is 1. The fourth-order valence-corrected chi connectivity index (χ4v) is 3.76. The van der Waals surface area contributed by atoms with E-state index in [-0.39, 0.29) is 5.91 Å². The van der Waals surface area contributed by atoms with Gasteiger partial charge in [-0.05, 0) is 56.3 Å². The lowest BCUT2D eigenvalue weighted by molar-refractivity contribution is -0.129. The maximum atomic E-state index is 12.4. The van der Waals surface area contributed by atoms with Crippen molar-refractivity contribution < 1.29 is 9.53 Å². The molecular weight excluding hydrogens is 308 g/mol. The molecule has 2 fully saturated rings. The largest absolute Gasteiger partial charge is 0.497 e. The molecule has 1 aromatic carbocycles. The molecule has 1 aromatic rings. The number of methoxy groups -OCH3 is 1. The van der Waals surface area contributed by atoms with Crippen molar-refractivity contribution in [3.8, 4) is 5.75 Å². The van der Waals surface area contributed by atoms with E-state index < -0.39 is 0 Å². The predicted molar refractivity (Wildman–Crippen MR) is 94.0 cm³/mol. The van der Waals surface area contributed by atoms with E-state index in [2.05, 4.69) is 5.32 Å². The molecule has 1 amide bonds. The fraction of sp³-hybridized carbons (Fsp3) is 0.611. The third-order valence-electron chi connectivity index (χ3n) is 4.64. The van der Waals surface area contributed by atoms with Gasteiger partial charge in [0.15, 0.2) is 0 Å². The highest BCUT2D eigenvalue weighted by atomic mass is 32.2. The maximum Gasteiger partial charge on any atom is 0.232 e. The highest BCUT2D eigenvalue weighted by Gasteiger charge is 2.25. The number of hydrogen-bond acceptors (Lipinski definition) is 4. The molecule has 23 heavy (non-hydrogen) atoms. The summed E-state index contributed by atoms with van der Waals surface area (Å²) >= 11 is 1.59. The van der Waals surface area contributed by atoms with Gasteiger partial charge < -0.3 is 15.0 Å². The summed E-state index contributed by atoms with van der Waals surface area (Å²) in [6, 6.07) is 8.49. The zero-order chi connectivity index (χ0) is 16.1. The zero-order valence-electron chi connectivity index (χ0n) is 13.8. The Hall–Kier alpha value is -1.20. The quantitative estimate of drug-likeness (QED) is 0.779. The minimum Gasteiger partial charge on any atom is -0.497 e. The number of ether oxygens (including phenoxy) is 1. The zero-order valence-corrected chi connectivity index (χ0v) is 14.6. The molecule has 1 heterocycles. The average molecular weight is 334 g/mol. The summed E-state index contributed by atoms with van der Waals surface area (Å²) in [7, 11) is 1.66. The van der Waals surface area contributed by atoms with Gasteiger partial charge in [0.25, 0.3) is 0 Å². The van der Waals surface area contributed by atoms with Crippen molar-refractivity contribution in [3.05, 3.63) is 24.3 Å². The van der Waals surface area contributed by atoms with Crippen molar-refractivity contribution in [2.75, 3.05) is 32.5 Å². The summed E-state index contributed by atoms with van der Waals surface area (Å²) in [6.07, 6.45) is 4.96. The number of thioether (sulfide) groups is 1. The molecule has 1 N–H and O–H groups in total. The van der Waals surface area contributed by atoms with Crippen LogP contribution in [-0.4, -0.2) is 49.3 Å². The Morgan fingerprint density at radius 3 is 2.78 bits per heavy atom. The average Bonchev–Trinajstić information content (AvgIpc) is 3.43. The smallest absolute Gasteiger partial charge is 0.232 e. The van der Waals surface area contributed by atoms with Gasteiger partial charge in [-0.15, -0.1) is 11.8 Å². The molecule has 126 valence electrons. The molecule has 0 radical (unpaired) electrons. The van der Waals surface area contributed by atoms with Crippen LogP contribution in [0.5, 0.6) is 5.75 Å². The number of piperidine rings is 1. The van der Waals surface area contributed by atoms with E-state index in [4.69, 9.17) is 4.74 Å². The van der Waals surface area contributed by atoms with Crippen LogP contribution in [-0.2, 0) is 4.79 Å². The Morgan fingerprint density at radius 2 is 2.09 bits per heavy atom. The van der Waals surface area contributed by atoms with Crippen LogP contribution in [0.3, 0.4) is 0 Å². The van der Waals surface area contributed by atoms with Crippen LogP contribution in [0.1, 0.15) is 25.7 Å². The second kappa shape index (κ2) is 8.06. The van der Waals surface area contributed by atoms with Crippen molar-refractivity contribution in [1.82, 2.24) is 10.2 Å². The van der Waals surface area contributed by atoms with Gasteiger partial charge in [0.05, 0.1) is 12.9 Å². The summed E-state index contributed by atoms with van der Waals surface area (Å²) in [5.41, 5.74) is 0. The second-order valence-electron chi connectivity index (χ2n) is 6.47. The summed E-state index contributed by atoms with van der Waals surface area (Å²) in [5.74, 6) is 2.52. The Labute approximate surface area is 143 Å². The Bertz CT molecular complexity index is 526. The van der Waals surface area contributed by atoms with Gasteiger partial charge >= 0.3 is 0 Å². The fourth-order valence-electron chi connectivity index (χ4n) is 2.92. The van der Waals surface area contributed by atoms with Crippen LogP contribution in [0.2, 0.25) is 0 Å². The number of carbonyl (C=O) groups is 1. The Kier molecular flexibility index (Phi) is 5.84. The van der Waals surface area contributed by atoms with E-state index in [9.17, 15) is 4.79 Å². The van der Waals surface area contributed by atoms with E-state index in [0.29, 0.717) is 11.8 Å². The molecule has 1 aliphatic carbocycles. The molecule has 0 aromatic heterocycles. The number of benzene rings is 1. The number of rotatable bonds is 7. The third kappa shape index (κ3) is 5.15. The first-order valence-electron chi connectivity index (χ1n) is 8.52. The van der Waals surface area contributed by atoms with Crippen molar-refractivity contribution >= 4 is 17.7 Å². The molecule has 1 saturated carbocycles. The first-order valence-corrected chi connectivity index (χ1v) is 9.51. The van der Waals surface area contributed by atoms with Crippen LogP contribution in [0, 0.1) is 5.92 Å². The van der Waals surface area contributed by atoms with Crippen LogP contribution in [0.15, 0.2) is 29.2 Å². The monoisotopic (exact) mass is 334 g/mol. The minimum absolute atomic E-state index is 0.249. The summed E-state index contributed by atoms with van der Waals surface area (Å²) in [4.78, 5) is 15.5. The van der Waals surface area contributed by atoms with E-state index in [1.54, 1.807) is 18.9 Å². The number of amides is 1. The van der Waals surface area contributed by atoms with E-state index in [1.807, 2.05) is 29.2 Å². The van der Waals surface area contributed by atoms with Gasteiger partial charge in [0.1, 0.15) is 5.75 Å². The van der Waals surface area contributed by atoms with Crippen LogP contribution < -0.4 is 10.1 Å². The summed E-state index contributed by atoms with van der Waals surface area (Å²) < 4.78 is 5.22. The van der Waals surface area contributed by atoms with Crippen LogP contribution in [0.25, 0.3) is 0 Å². The van der Waals surface area contributed by atoms with Gasteiger partial charge in [-0.3, -0.25) is 4.79 Å². The van der Waals surface area contributed by atoms with Crippen molar-refractivity contribution in [2.24, 2.45) is 5.92 Å². The lowest BCUT2D eigenvalue weighted by Crippen LogP contribution is -2.45. The number of hydrogen-bond donors (Lipinski definition) is 1. The molecular formula is C18H26N2O2S. The summed E-state index contributed by atoms with van der Waals surface area (Å²) in [5, 5.41) is 3.66. The van der Waals surface area contributed by atoms with Crippen molar-refractivity contribution in [2.45, 2.75) is 36.6 Å². The molecule has 1 aliphatic heterocycles. The van der Waals surface area contributed by atoms with Crippen LogP contribution >= 0.6 is 11.8 Å². The molecule has 0 atom stereocenters. The highest BCUT2D eigenvalue weighted by molar-refractivity contribution is 8.00. The molecule has 5 heteroatoms. The molecule has 0 bridgehead atoms. The number of likely N-dealkylation sites (tertiary alicyclic amines) is 1. The molecule has 0 spiro atoms. The Morgan fingerprint density at radius 1 is 1.30 bits per heavy atom. The minimum atomic E-state index is 0.249. The Balaban J connectivity index is 1.38. The molecule has 0 unspecified atom stereocenters. The van der Waals surface area contributed by atoms with Crippen molar-refractivity contribution in [1.29, 1.82) is 0 Å². The van der Waals surface area contributed by atoms with E-state index >= 15 is 0 Å². The number of nitrogens with zero attached hydrogens (tertiary/aromatic N) is 1. The topological polar surface area (TPSA) is 41.6 Å². The molecule has 2 aliphatic rings. The first-order chi connectivity index (χ1) is 11.2. The summed E-state index contributed by atoms with van der Waals surface area (Å²) in [6.45, 7) is 2.95. The first kappa shape index (κ1) is 16.7. The predicted octanol–water partition coefficient (Wildman–Crippen LogP) is 2.78. The lowest BCUT2D eigenvalue weighted by atomic mass is 10.0. The van der Waals surface area contributed by atoms with Gasteiger partial charge in [0.2, 0.25) is 5.91 Å². The van der Waals surface area contributed by atoms with E-state index in [0.717, 1.165) is 42.5 Å². The third-order valence-corrected chi connectivity index (χ3v) is 5.62. The van der Waals surface area contributed by atoms with Gasteiger partial charge in [0, 0.05) is 24.0 Å². The molecule has 1 saturated heterocycles. The van der Waals surface area contributed by atoms with Crippen LogP contribution in [0.4, 0.5) is 0 Å². The maximum absolute atomic E-state index is 12.4. The molecule has 4 nitrogen and oxygen atoms in total. The second-order valence-corrected chi connectivity index (χ2v) is 7.52. The van der Waals surface area contributed by atoms with Gasteiger partial charge in [-0.1, -0.05) is 6.07 Å². The number of carbonyl (C=O) groups excluding carboxylic acids is 1. The normalized spacial score (nSPS) is 18.9. The SMILES string of the molecule is COc1cccc(SCC(=O)N2CCC(NCC3CC3)CC2)c1. The highest BCUT2D eigenvalue weighted by Crippen LogP contribution is 2.28. The van der Waals surface area contributed by atoms with Gasteiger partial charge in [-0.2, -0.15) is 0 Å². The standard InChI is InChI=1S/C18H26N2O2S/c1-22-16-3-2-4-17(11-16)23-13-18(21)20-9-7-15(8-10-20)19-12-14-5-6-14/h2-4,11,14-15,19H,5-10,12-13H2,1H3. The van der Waals surface area contributed by atoms with E-state index in [1.165, 1.54) is 19.4 Å². The molecule has 3 rings (SSSR count). The van der Waals surface area contributed by atoms with Gasteiger partial charge in [-0.25, -0.2) is 0 Å².